The van der Waals surface area contributed by atoms with Gasteiger partial charge in [-0.05, 0) is 13.3 Å². The van der Waals surface area contributed by atoms with Gasteiger partial charge in [0.15, 0.2) is 0 Å². The third kappa shape index (κ3) is 5.50. The lowest BCUT2D eigenvalue weighted by molar-refractivity contribution is -0.144. The summed E-state index contributed by atoms with van der Waals surface area (Å²) in [6.07, 6.45) is 1.14. The third-order valence-corrected chi connectivity index (χ3v) is 3.92. The molecule has 0 aromatic heterocycles. The zero-order chi connectivity index (χ0) is 15.0. The molecule has 2 rings (SSSR count). The van der Waals surface area contributed by atoms with Crippen LogP contribution < -0.4 is 4.72 Å². The van der Waals surface area contributed by atoms with Crippen LogP contribution in [0.5, 0.6) is 0 Å². The second-order valence-corrected chi connectivity index (χ2v) is 5.93. The van der Waals surface area contributed by atoms with Gasteiger partial charge in [-0.15, -0.1) is 0 Å². The van der Waals surface area contributed by atoms with Crippen molar-refractivity contribution in [3.63, 3.8) is 0 Å². The van der Waals surface area contributed by atoms with Crippen molar-refractivity contribution in [1.82, 2.24) is 4.72 Å². The number of rotatable bonds is 3. The van der Waals surface area contributed by atoms with E-state index >= 15 is 0 Å². The van der Waals surface area contributed by atoms with Crippen LogP contribution >= 0.6 is 0 Å². The monoisotopic (exact) mass is 299 g/mol. The fraction of sp³-hybridized carbons (Fsp3) is 0.385. The number of sulfonamides is 1. The molecular weight excluding hydrogens is 282 g/mol. The van der Waals surface area contributed by atoms with E-state index in [1.807, 2.05) is 18.2 Å². The van der Waals surface area contributed by atoms with Crippen molar-refractivity contribution >= 4 is 22.3 Å². The fourth-order valence-corrected chi connectivity index (χ4v) is 2.86. The van der Waals surface area contributed by atoms with Crippen LogP contribution in [0.25, 0.3) is 0 Å². The molecule has 1 saturated heterocycles. The zero-order valence-corrected chi connectivity index (χ0v) is 11.9. The van der Waals surface area contributed by atoms with Crippen molar-refractivity contribution in [2.24, 2.45) is 0 Å². The normalized spacial score (nSPS) is 19.6. The predicted octanol–water partition coefficient (Wildman–Crippen LogP) is 0.740. The highest BCUT2D eigenvalue weighted by Gasteiger charge is 2.32. The maximum atomic E-state index is 11.0. The van der Waals surface area contributed by atoms with Crippen molar-refractivity contribution in [2.45, 2.75) is 19.4 Å². The number of ether oxygens (including phenoxy) is 1. The molecule has 110 valence electrons. The van der Waals surface area contributed by atoms with E-state index < -0.39 is 22.0 Å². The highest BCUT2D eigenvalue weighted by Crippen LogP contribution is 2.08. The van der Waals surface area contributed by atoms with E-state index in [1.165, 1.54) is 0 Å². The van der Waals surface area contributed by atoms with E-state index in [0.29, 0.717) is 6.42 Å². The topological polar surface area (TPSA) is 89.5 Å². The molecule has 6 nitrogen and oxygen atoms in total. The minimum atomic E-state index is -3.21. The quantitative estimate of drug-likeness (QED) is 0.657. The number of carbonyl (C=O) groups is 2. The Bertz CT molecular complexity index is 541. The fourth-order valence-electron chi connectivity index (χ4n) is 1.55. The number of aldehydes is 1. The minimum Gasteiger partial charge on any atom is -0.465 e. The molecule has 1 N–H and O–H groups in total. The molecule has 1 aromatic carbocycles. The Kier molecular flexibility index (Phi) is 6.33. The molecule has 1 atom stereocenters. The zero-order valence-electron chi connectivity index (χ0n) is 11.1. The van der Waals surface area contributed by atoms with Gasteiger partial charge in [0.1, 0.15) is 12.3 Å². The van der Waals surface area contributed by atoms with Crippen molar-refractivity contribution in [1.29, 1.82) is 0 Å². The van der Waals surface area contributed by atoms with Crippen LogP contribution in [0, 0.1) is 0 Å². The molecular formula is C13H17NO5S. The molecule has 1 aliphatic heterocycles. The lowest BCUT2D eigenvalue weighted by Crippen LogP contribution is -2.34. The summed E-state index contributed by atoms with van der Waals surface area (Å²) in [5.41, 5.74) is 0.729. The molecule has 1 aromatic rings. The van der Waals surface area contributed by atoms with Crippen LogP contribution in [-0.2, 0) is 19.6 Å². The SMILES string of the molecule is CCOC(=O)[C@@H]1CCS(=O)(=O)N1.O=Cc1ccccc1. The Morgan fingerprint density at radius 2 is 2.05 bits per heavy atom. The first-order valence-corrected chi connectivity index (χ1v) is 7.80. The first-order chi connectivity index (χ1) is 9.48. The van der Waals surface area contributed by atoms with Crippen LogP contribution in [-0.4, -0.2) is 39.1 Å². The van der Waals surface area contributed by atoms with Gasteiger partial charge in [0, 0.05) is 5.56 Å². The van der Waals surface area contributed by atoms with Gasteiger partial charge in [-0.3, -0.25) is 9.59 Å². The summed E-state index contributed by atoms with van der Waals surface area (Å²) in [5, 5.41) is 0. The smallest absolute Gasteiger partial charge is 0.324 e. The van der Waals surface area contributed by atoms with Crippen LogP contribution in [0.2, 0.25) is 0 Å². The summed E-state index contributed by atoms with van der Waals surface area (Å²) in [6, 6.07) is 8.43. The number of nitrogens with one attached hydrogen (secondary N) is 1. The molecule has 1 aliphatic rings. The van der Waals surface area contributed by atoms with Crippen molar-refractivity contribution in [3.05, 3.63) is 35.9 Å². The number of esters is 1. The minimum absolute atomic E-state index is 0.0104. The number of benzene rings is 1. The molecule has 7 heteroatoms. The van der Waals surface area contributed by atoms with E-state index in [9.17, 15) is 18.0 Å². The van der Waals surface area contributed by atoms with Crippen LogP contribution in [0.4, 0.5) is 0 Å². The number of hydrogen-bond acceptors (Lipinski definition) is 5. The van der Waals surface area contributed by atoms with E-state index in [1.54, 1.807) is 19.1 Å². The Morgan fingerprint density at radius 3 is 2.45 bits per heavy atom. The number of carbonyl (C=O) groups excluding carboxylic acids is 2. The summed E-state index contributed by atoms with van der Waals surface area (Å²) >= 11 is 0. The van der Waals surface area contributed by atoms with Gasteiger partial charge in [-0.2, -0.15) is 0 Å². The second-order valence-electron chi connectivity index (χ2n) is 4.06. The molecule has 0 saturated carbocycles. The molecule has 1 fully saturated rings. The maximum absolute atomic E-state index is 11.0. The summed E-state index contributed by atoms with van der Waals surface area (Å²) in [6.45, 7) is 1.96. The molecule has 0 amide bonds. The van der Waals surface area contributed by atoms with E-state index in [2.05, 4.69) is 9.46 Å². The van der Waals surface area contributed by atoms with Gasteiger partial charge < -0.3 is 4.74 Å². The Balaban J connectivity index is 0.000000217. The van der Waals surface area contributed by atoms with Gasteiger partial charge >= 0.3 is 5.97 Å². The Morgan fingerprint density at radius 1 is 1.40 bits per heavy atom. The van der Waals surface area contributed by atoms with Crippen LogP contribution in [0.1, 0.15) is 23.7 Å². The first kappa shape index (κ1) is 16.3. The average molecular weight is 299 g/mol. The van der Waals surface area contributed by atoms with Gasteiger partial charge in [-0.25, -0.2) is 13.1 Å². The maximum Gasteiger partial charge on any atom is 0.324 e. The number of hydrogen-bond donors (Lipinski definition) is 1. The van der Waals surface area contributed by atoms with Gasteiger partial charge in [0.2, 0.25) is 10.0 Å². The van der Waals surface area contributed by atoms with E-state index in [-0.39, 0.29) is 12.4 Å². The van der Waals surface area contributed by atoms with Gasteiger partial charge in [0.25, 0.3) is 0 Å². The molecule has 0 spiro atoms. The third-order valence-electron chi connectivity index (χ3n) is 2.50. The van der Waals surface area contributed by atoms with Crippen LogP contribution in [0.15, 0.2) is 30.3 Å². The van der Waals surface area contributed by atoms with Crippen LogP contribution in [0.3, 0.4) is 0 Å². The predicted molar refractivity (Wildman–Crippen MR) is 73.8 cm³/mol. The molecule has 0 unspecified atom stereocenters. The summed E-state index contributed by atoms with van der Waals surface area (Å²) in [4.78, 5) is 21.0. The molecule has 0 radical (unpaired) electrons. The lowest BCUT2D eigenvalue weighted by atomic mass is 10.2. The lowest BCUT2D eigenvalue weighted by Gasteiger charge is -2.06. The van der Waals surface area contributed by atoms with Crippen molar-refractivity contribution in [3.8, 4) is 0 Å². The summed E-state index contributed by atoms with van der Waals surface area (Å²) in [7, 11) is -3.21. The van der Waals surface area contributed by atoms with Gasteiger partial charge in [0.05, 0.1) is 12.4 Å². The average Bonchev–Trinajstić information content (AvgIpc) is 2.81. The van der Waals surface area contributed by atoms with E-state index in [4.69, 9.17) is 0 Å². The highest BCUT2D eigenvalue weighted by molar-refractivity contribution is 7.89. The molecule has 20 heavy (non-hydrogen) atoms. The van der Waals surface area contributed by atoms with Crippen molar-refractivity contribution < 1.29 is 22.7 Å². The molecule has 0 bridgehead atoms. The first-order valence-electron chi connectivity index (χ1n) is 6.15. The second kappa shape index (κ2) is 7.76. The highest BCUT2D eigenvalue weighted by atomic mass is 32.2. The summed E-state index contributed by atoms with van der Waals surface area (Å²) in [5.74, 6) is -0.477. The Labute approximate surface area is 118 Å². The molecule has 1 heterocycles. The Hall–Kier alpha value is -1.73. The summed E-state index contributed by atoms with van der Waals surface area (Å²) < 4.78 is 28.5. The standard InChI is InChI=1S/C7H6O.C6H11NO4S/c8-6-7-4-2-1-3-5-7;1-2-11-6(8)5-3-4-12(9,10)7-5/h1-6H;5,7H,2-4H2,1H3/t;5-/m.0/s1. The van der Waals surface area contributed by atoms with Gasteiger partial charge in [-0.1, -0.05) is 30.3 Å². The van der Waals surface area contributed by atoms with E-state index in [0.717, 1.165) is 11.8 Å². The van der Waals surface area contributed by atoms with Crippen molar-refractivity contribution in [2.75, 3.05) is 12.4 Å². The molecule has 0 aliphatic carbocycles. The largest absolute Gasteiger partial charge is 0.465 e.